The zero-order valence-corrected chi connectivity index (χ0v) is 18.3. The molecule has 0 unspecified atom stereocenters. The highest BCUT2D eigenvalue weighted by Gasteiger charge is 2.29. The molecule has 1 aliphatic rings. The van der Waals surface area contributed by atoms with E-state index in [1.807, 2.05) is 18.2 Å². The van der Waals surface area contributed by atoms with Crippen molar-refractivity contribution in [2.45, 2.75) is 11.4 Å². The maximum atomic E-state index is 13.5. The molecule has 2 heterocycles. The SMILES string of the molecule is NC(=O)c1cccc(S(=O)(=O)N2CCN(Cc3ccc(-c4cccc(F)c4)s3)CC2)c1. The summed E-state index contributed by atoms with van der Waals surface area (Å²) in [6, 6.07) is 16.4. The van der Waals surface area contributed by atoms with Crippen LogP contribution in [0.2, 0.25) is 0 Å². The van der Waals surface area contributed by atoms with Crippen molar-refractivity contribution in [1.29, 1.82) is 0 Å². The zero-order chi connectivity index (χ0) is 22.0. The highest BCUT2D eigenvalue weighted by Crippen LogP contribution is 2.29. The van der Waals surface area contributed by atoms with Crippen molar-refractivity contribution in [2.24, 2.45) is 5.73 Å². The fourth-order valence-electron chi connectivity index (χ4n) is 3.57. The molecule has 0 atom stereocenters. The second kappa shape index (κ2) is 8.88. The van der Waals surface area contributed by atoms with Crippen molar-refractivity contribution in [3.05, 3.63) is 76.9 Å². The number of benzene rings is 2. The number of thiophene rings is 1. The van der Waals surface area contributed by atoms with Gasteiger partial charge in [0.05, 0.1) is 4.90 Å². The van der Waals surface area contributed by atoms with Crippen LogP contribution in [0.25, 0.3) is 10.4 Å². The van der Waals surface area contributed by atoms with E-state index >= 15 is 0 Å². The van der Waals surface area contributed by atoms with E-state index in [0.29, 0.717) is 32.7 Å². The fourth-order valence-corrected chi connectivity index (χ4v) is 6.08. The number of halogens is 1. The third-order valence-corrected chi connectivity index (χ3v) is 8.25. The molecule has 162 valence electrons. The minimum absolute atomic E-state index is 0.0789. The Morgan fingerprint density at radius 1 is 1.00 bits per heavy atom. The molecule has 0 aliphatic carbocycles. The zero-order valence-electron chi connectivity index (χ0n) is 16.7. The van der Waals surface area contributed by atoms with Crippen molar-refractivity contribution in [1.82, 2.24) is 9.21 Å². The Hall–Kier alpha value is -2.59. The van der Waals surface area contributed by atoms with Gasteiger partial charge in [-0.15, -0.1) is 11.3 Å². The largest absolute Gasteiger partial charge is 0.366 e. The summed E-state index contributed by atoms with van der Waals surface area (Å²) in [4.78, 5) is 15.8. The summed E-state index contributed by atoms with van der Waals surface area (Å²) in [7, 11) is -3.68. The van der Waals surface area contributed by atoms with E-state index in [9.17, 15) is 17.6 Å². The Labute approximate surface area is 184 Å². The molecule has 1 amide bonds. The lowest BCUT2D eigenvalue weighted by Crippen LogP contribution is -2.48. The first kappa shape index (κ1) is 21.6. The van der Waals surface area contributed by atoms with Crippen LogP contribution in [0, 0.1) is 5.82 Å². The molecule has 0 radical (unpaired) electrons. The molecule has 0 spiro atoms. The molecule has 1 saturated heterocycles. The first-order valence-electron chi connectivity index (χ1n) is 9.80. The van der Waals surface area contributed by atoms with Gasteiger partial charge in [-0.2, -0.15) is 4.31 Å². The van der Waals surface area contributed by atoms with Crippen molar-refractivity contribution in [3.63, 3.8) is 0 Å². The lowest BCUT2D eigenvalue weighted by atomic mass is 10.2. The molecule has 9 heteroatoms. The van der Waals surface area contributed by atoms with Gasteiger partial charge in [-0.05, 0) is 48.0 Å². The van der Waals surface area contributed by atoms with Gasteiger partial charge in [0.2, 0.25) is 15.9 Å². The molecule has 2 aromatic carbocycles. The van der Waals surface area contributed by atoms with Crippen LogP contribution in [0.1, 0.15) is 15.2 Å². The van der Waals surface area contributed by atoms with E-state index in [-0.39, 0.29) is 16.3 Å². The maximum Gasteiger partial charge on any atom is 0.248 e. The van der Waals surface area contributed by atoms with E-state index < -0.39 is 15.9 Å². The Kier molecular flexibility index (Phi) is 6.19. The average Bonchev–Trinajstić information content (AvgIpc) is 3.23. The number of carbonyl (C=O) groups excluding carboxylic acids is 1. The summed E-state index contributed by atoms with van der Waals surface area (Å²) in [5.41, 5.74) is 6.30. The molecule has 1 fully saturated rings. The van der Waals surface area contributed by atoms with E-state index in [1.165, 1.54) is 40.7 Å². The number of nitrogens with zero attached hydrogens (tertiary/aromatic N) is 2. The Morgan fingerprint density at radius 3 is 2.45 bits per heavy atom. The van der Waals surface area contributed by atoms with Crippen LogP contribution >= 0.6 is 11.3 Å². The Morgan fingerprint density at radius 2 is 1.74 bits per heavy atom. The molecular weight excluding hydrogens is 437 g/mol. The molecule has 1 aromatic heterocycles. The number of carbonyl (C=O) groups is 1. The van der Waals surface area contributed by atoms with Gasteiger partial charge in [0.25, 0.3) is 0 Å². The second-order valence-corrected chi connectivity index (χ2v) is 10.5. The number of nitrogens with two attached hydrogens (primary N) is 1. The number of hydrogen-bond acceptors (Lipinski definition) is 5. The topological polar surface area (TPSA) is 83.7 Å². The summed E-state index contributed by atoms with van der Waals surface area (Å²) in [6.45, 7) is 2.64. The summed E-state index contributed by atoms with van der Waals surface area (Å²) < 4.78 is 40.8. The van der Waals surface area contributed by atoms with Crippen LogP contribution in [0.5, 0.6) is 0 Å². The van der Waals surface area contributed by atoms with Crippen LogP contribution in [0.15, 0.2) is 65.6 Å². The summed E-state index contributed by atoms with van der Waals surface area (Å²) in [5.74, 6) is -0.915. The maximum absolute atomic E-state index is 13.5. The molecule has 0 saturated carbocycles. The van der Waals surface area contributed by atoms with Gasteiger partial charge in [0.15, 0.2) is 0 Å². The van der Waals surface area contributed by atoms with Crippen LogP contribution in [0.3, 0.4) is 0 Å². The number of amides is 1. The van der Waals surface area contributed by atoms with Crippen LogP contribution in [-0.4, -0.2) is 49.7 Å². The monoisotopic (exact) mass is 459 g/mol. The number of primary amides is 1. The normalized spacial score (nSPS) is 15.8. The summed E-state index contributed by atoms with van der Waals surface area (Å²) in [6.07, 6.45) is 0. The van der Waals surface area contributed by atoms with Gasteiger partial charge < -0.3 is 5.73 Å². The first-order chi connectivity index (χ1) is 14.8. The number of piperazine rings is 1. The molecule has 2 N–H and O–H groups in total. The summed E-state index contributed by atoms with van der Waals surface area (Å²) >= 11 is 1.61. The third kappa shape index (κ3) is 4.85. The first-order valence-corrected chi connectivity index (χ1v) is 12.1. The minimum atomic E-state index is -3.68. The molecule has 1 aliphatic heterocycles. The van der Waals surface area contributed by atoms with E-state index in [1.54, 1.807) is 17.4 Å². The van der Waals surface area contributed by atoms with Gasteiger partial charge in [-0.25, -0.2) is 12.8 Å². The molecule has 6 nitrogen and oxygen atoms in total. The van der Waals surface area contributed by atoms with Crippen LogP contribution < -0.4 is 5.73 Å². The number of rotatable bonds is 6. The summed E-state index contributed by atoms with van der Waals surface area (Å²) in [5, 5.41) is 0. The van der Waals surface area contributed by atoms with Crippen molar-refractivity contribution >= 4 is 27.3 Å². The highest BCUT2D eigenvalue weighted by atomic mass is 32.2. The van der Waals surface area contributed by atoms with Gasteiger partial charge in [-0.3, -0.25) is 9.69 Å². The van der Waals surface area contributed by atoms with Crippen LogP contribution in [-0.2, 0) is 16.6 Å². The molecule has 0 bridgehead atoms. The van der Waals surface area contributed by atoms with Crippen molar-refractivity contribution in [3.8, 4) is 10.4 Å². The van der Waals surface area contributed by atoms with E-state index in [4.69, 9.17) is 5.73 Å². The predicted octanol–water partition coefficient (Wildman–Crippen LogP) is 3.16. The molecule has 31 heavy (non-hydrogen) atoms. The lowest BCUT2D eigenvalue weighted by molar-refractivity contribution is 0.1000. The van der Waals surface area contributed by atoms with Crippen LogP contribution in [0.4, 0.5) is 4.39 Å². The van der Waals surface area contributed by atoms with Crippen molar-refractivity contribution in [2.75, 3.05) is 26.2 Å². The molecule has 3 aromatic rings. The molecular formula is C22H22FN3O3S2. The van der Waals surface area contributed by atoms with Gasteiger partial charge in [0.1, 0.15) is 5.82 Å². The smallest absolute Gasteiger partial charge is 0.248 e. The quantitative estimate of drug-likeness (QED) is 0.614. The van der Waals surface area contributed by atoms with Gasteiger partial charge in [0, 0.05) is 48.0 Å². The van der Waals surface area contributed by atoms with E-state index in [0.717, 1.165) is 15.3 Å². The Bertz CT molecular complexity index is 1200. The van der Waals surface area contributed by atoms with E-state index in [2.05, 4.69) is 4.90 Å². The standard InChI is InChI=1S/C22H22FN3O3S2/c23-18-5-1-3-16(13-18)21-8-7-19(30-21)15-25-9-11-26(12-10-25)31(28,29)20-6-2-4-17(14-20)22(24)27/h1-8,13-14H,9-12,15H2,(H2,24,27). The highest BCUT2D eigenvalue weighted by molar-refractivity contribution is 7.89. The third-order valence-electron chi connectivity index (χ3n) is 5.24. The second-order valence-electron chi connectivity index (χ2n) is 7.35. The average molecular weight is 460 g/mol. The Balaban J connectivity index is 1.39. The van der Waals surface area contributed by atoms with Gasteiger partial charge >= 0.3 is 0 Å². The predicted molar refractivity (Wildman–Crippen MR) is 119 cm³/mol. The lowest BCUT2D eigenvalue weighted by Gasteiger charge is -2.33. The number of sulfonamides is 1. The van der Waals surface area contributed by atoms with Gasteiger partial charge in [-0.1, -0.05) is 18.2 Å². The van der Waals surface area contributed by atoms with Crippen molar-refractivity contribution < 1.29 is 17.6 Å². The fraction of sp³-hybridized carbons (Fsp3) is 0.227. The molecule has 4 rings (SSSR count). The number of hydrogen-bond donors (Lipinski definition) is 1. The minimum Gasteiger partial charge on any atom is -0.366 e.